The monoisotopic (exact) mass is 515 g/mol. The number of aliphatic hydroxyl groups is 1. The van der Waals surface area contributed by atoms with E-state index in [1.807, 2.05) is 12.1 Å². The number of rotatable bonds is 5. The number of nitrogens with one attached hydrogen (secondary N) is 1. The minimum absolute atomic E-state index is 0.0776. The zero-order valence-corrected chi connectivity index (χ0v) is 20.6. The lowest BCUT2D eigenvalue weighted by Gasteiger charge is -2.36. The molecule has 194 valence electrons. The van der Waals surface area contributed by atoms with Gasteiger partial charge in [0.15, 0.2) is 0 Å². The van der Waals surface area contributed by atoms with Gasteiger partial charge in [0.1, 0.15) is 24.4 Å². The number of para-hydroxylation sites is 1. The number of benzene rings is 2. The molecule has 2 aliphatic rings. The van der Waals surface area contributed by atoms with Crippen molar-refractivity contribution in [2.75, 3.05) is 31.1 Å². The van der Waals surface area contributed by atoms with Crippen LogP contribution >= 0.6 is 0 Å². The van der Waals surface area contributed by atoms with Gasteiger partial charge in [0.05, 0.1) is 34.9 Å². The Balaban J connectivity index is 1.42. The minimum atomic E-state index is -0.786. The zero-order valence-electron chi connectivity index (χ0n) is 20.6. The van der Waals surface area contributed by atoms with Crippen molar-refractivity contribution in [2.45, 2.75) is 13.0 Å². The van der Waals surface area contributed by atoms with Gasteiger partial charge in [-0.25, -0.2) is 4.98 Å². The van der Waals surface area contributed by atoms with Crippen molar-refractivity contribution >= 4 is 40.0 Å². The predicted octanol–water partition coefficient (Wildman–Crippen LogP) is 1.11. The highest BCUT2D eigenvalue weighted by molar-refractivity contribution is 6.15. The van der Waals surface area contributed by atoms with Crippen LogP contribution in [-0.2, 0) is 14.4 Å². The molecule has 3 aromatic rings. The van der Waals surface area contributed by atoms with E-state index in [4.69, 9.17) is 4.74 Å². The lowest BCUT2D eigenvalue weighted by atomic mass is 10.0. The molecule has 0 saturated carbocycles. The van der Waals surface area contributed by atoms with Crippen LogP contribution < -0.4 is 20.5 Å². The summed E-state index contributed by atoms with van der Waals surface area (Å²) in [6.07, 6.45) is 0.618. The average Bonchev–Trinajstić information content (AvgIpc) is 2.89. The summed E-state index contributed by atoms with van der Waals surface area (Å²) in [5.74, 6) is -0.829. The first kappa shape index (κ1) is 24.9. The summed E-state index contributed by atoms with van der Waals surface area (Å²) >= 11 is 0. The number of likely N-dealkylation sites (tertiary alicyclic amines) is 1. The molecule has 11 nitrogen and oxygen atoms in total. The van der Waals surface area contributed by atoms with Crippen molar-refractivity contribution in [3.05, 3.63) is 71.9 Å². The molecule has 0 atom stereocenters. The van der Waals surface area contributed by atoms with Crippen molar-refractivity contribution in [3.63, 3.8) is 0 Å². The summed E-state index contributed by atoms with van der Waals surface area (Å²) in [6, 6.07) is 10.6. The zero-order chi connectivity index (χ0) is 27.1. The molecule has 3 amide bonds. The number of aliphatic hydroxyl groups excluding tert-OH is 1. The second-order valence-electron chi connectivity index (χ2n) is 9.07. The van der Waals surface area contributed by atoms with Crippen LogP contribution in [0.4, 0.5) is 5.69 Å². The molecule has 0 radical (unpaired) electrons. The van der Waals surface area contributed by atoms with Crippen LogP contribution in [0.25, 0.3) is 27.7 Å². The van der Waals surface area contributed by atoms with E-state index in [0.717, 1.165) is 10.1 Å². The molecule has 2 aromatic carbocycles. The third-order valence-electron chi connectivity index (χ3n) is 6.53. The van der Waals surface area contributed by atoms with E-state index in [1.54, 1.807) is 29.2 Å². The maximum atomic E-state index is 13.3. The van der Waals surface area contributed by atoms with Crippen molar-refractivity contribution < 1.29 is 24.2 Å². The molecule has 0 spiro atoms. The maximum absolute atomic E-state index is 13.3. The highest BCUT2D eigenvalue weighted by Gasteiger charge is 2.31. The van der Waals surface area contributed by atoms with E-state index in [0.29, 0.717) is 35.7 Å². The summed E-state index contributed by atoms with van der Waals surface area (Å²) in [5, 5.41) is 12.0. The molecular weight excluding hydrogens is 490 g/mol. The summed E-state index contributed by atoms with van der Waals surface area (Å²) in [7, 11) is 0. The topological polar surface area (TPSA) is 134 Å². The third kappa shape index (κ3) is 4.33. The van der Waals surface area contributed by atoms with Crippen LogP contribution in [-0.4, -0.2) is 69.6 Å². The molecular formula is C27H25N5O6. The summed E-state index contributed by atoms with van der Waals surface area (Å²) in [4.78, 5) is 57.7. The predicted molar refractivity (Wildman–Crippen MR) is 140 cm³/mol. The van der Waals surface area contributed by atoms with Crippen LogP contribution in [0.2, 0.25) is 0 Å². The Morgan fingerprint density at radius 2 is 1.92 bits per heavy atom. The largest absolute Gasteiger partial charge is 0.490 e. The van der Waals surface area contributed by atoms with Crippen LogP contribution in [0.5, 0.6) is 5.75 Å². The normalized spacial score (nSPS) is 14.8. The molecule has 3 heterocycles. The number of aromatic nitrogens is 2. The van der Waals surface area contributed by atoms with Gasteiger partial charge in [0, 0.05) is 25.6 Å². The van der Waals surface area contributed by atoms with Gasteiger partial charge in [-0.3, -0.25) is 23.7 Å². The number of β-amino-alcohol motifs (C(OH)–C–C–N with tert-alkyl or cyclic N) is 1. The number of anilines is 1. The summed E-state index contributed by atoms with van der Waals surface area (Å²) < 4.78 is 6.78. The van der Waals surface area contributed by atoms with Crippen molar-refractivity contribution in [1.29, 1.82) is 0 Å². The standard InChI is InChI=1S/C27H25N5O6/c1-15(26(36)30-12-19(34)13-30)29-25(35)16(2)32-14-28-24-20(5-4-6-21(24)27(32)37)18-7-8-22-23(11-18)38-10-9-31(22)17(3)33/h4-8,11,14,19,34H,1-2,9-10,12-13H2,3H3,(H,29,35). The number of hydrogen-bond donors (Lipinski definition) is 2. The SMILES string of the molecule is C=C(NC(=O)C(=C)n1cnc2c(-c3ccc4c(c3)OCCN4C(C)=O)cccc2c1=O)C(=O)N1CC(O)C1. The Morgan fingerprint density at radius 1 is 1.16 bits per heavy atom. The Morgan fingerprint density at radius 3 is 2.63 bits per heavy atom. The van der Waals surface area contributed by atoms with Gasteiger partial charge in [-0.15, -0.1) is 0 Å². The fraction of sp³-hybridized carbons (Fsp3) is 0.222. The van der Waals surface area contributed by atoms with E-state index in [9.17, 15) is 24.3 Å². The van der Waals surface area contributed by atoms with Crippen LogP contribution in [0.1, 0.15) is 6.92 Å². The maximum Gasteiger partial charge on any atom is 0.272 e. The Bertz CT molecular complexity index is 1590. The molecule has 1 aromatic heterocycles. The highest BCUT2D eigenvalue weighted by Crippen LogP contribution is 2.37. The van der Waals surface area contributed by atoms with Gasteiger partial charge in [0.25, 0.3) is 17.4 Å². The van der Waals surface area contributed by atoms with E-state index in [2.05, 4.69) is 23.5 Å². The van der Waals surface area contributed by atoms with E-state index in [-0.39, 0.29) is 35.8 Å². The number of fused-ring (bicyclic) bond motifs is 2. The molecule has 5 rings (SSSR count). The van der Waals surface area contributed by atoms with Gasteiger partial charge >= 0.3 is 0 Å². The second-order valence-corrected chi connectivity index (χ2v) is 9.07. The summed E-state index contributed by atoms with van der Waals surface area (Å²) in [6.45, 7) is 9.95. The second kappa shape index (κ2) is 9.60. The fourth-order valence-corrected chi connectivity index (χ4v) is 4.48. The van der Waals surface area contributed by atoms with Crippen LogP contribution in [0.15, 0.2) is 66.4 Å². The van der Waals surface area contributed by atoms with Crippen molar-refractivity contribution in [3.8, 4) is 16.9 Å². The van der Waals surface area contributed by atoms with E-state index >= 15 is 0 Å². The number of nitrogens with zero attached hydrogens (tertiary/aromatic N) is 4. The Labute approximate surface area is 217 Å². The first-order valence-corrected chi connectivity index (χ1v) is 11.9. The van der Waals surface area contributed by atoms with Crippen LogP contribution in [0, 0.1) is 0 Å². The molecule has 1 saturated heterocycles. The molecule has 0 aliphatic carbocycles. The average molecular weight is 516 g/mol. The number of carbonyl (C=O) groups excluding carboxylic acids is 3. The smallest absolute Gasteiger partial charge is 0.272 e. The van der Waals surface area contributed by atoms with Crippen molar-refractivity contribution in [1.82, 2.24) is 19.8 Å². The van der Waals surface area contributed by atoms with Crippen LogP contribution in [0.3, 0.4) is 0 Å². The molecule has 2 N–H and O–H groups in total. The number of ether oxygens (including phenoxy) is 1. The Kier molecular flexibility index (Phi) is 6.29. The first-order chi connectivity index (χ1) is 18.2. The molecule has 0 unspecified atom stereocenters. The molecule has 11 heteroatoms. The number of amides is 3. The molecule has 1 fully saturated rings. The fourth-order valence-electron chi connectivity index (χ4n) is 4.48. The van der Waals surface area contributed by atoms with E-state index in [1.165, 1.54) is 18.2 Å². The lowest BCUT2D eigenvalue weighted by Crippen LogP contribution is -2.55. The highest BCUT2D eigenvalue weighted by atomic mass is 16.5. The minimum Gasteiger partial charge on any atom is -0.490 e. The quantitative estimate of drug-likeness (QED) is 0.486. The lowest BCUT2D eigenvalue weighted by molar-refractivity contribution is -0.138. The molecule has 0 bridgehead atoms. The van der Waals surface area contributed by atoms with Gasteiger partial charge in [-0.05, 0) is 23.8 Å². The number of carbonyl (C=O) groups is 3. The van der Waals surface area contributed by atoms with Gasteiger partial charge in [-0.1, -0.05) is 31.4 Å². The van der Waals surface area contributed by atoms with Gasteiger partial charge in [0.2, 0.25) is 5.91 Å². The Hall–Kier alpha value is -4.77. The third-order valence-corrected chi connectivity index (χ3v) is 6.53. The summed E-state index contributed by atoms with van der Waals surface area (Å²) in [5.41, 5.74) is 1.56. The van der Waals surface area contributed by atoms with Gasteiger partial charge in [-0.2, -0.15) is 0 Å². The first-order valence-electron chi connectivity index (χ1n) is 11.9. The molecule has 38 heavy (non-hydrogen) atoms. The number of hydrogen-bond acceptors (Lipinski definition) is 7. The van der Waals surface area contributed by atoms with Gasteiger partial charge < -0.3 is 25.0 Å². The van der Waals surface area contributed by atoms with Crippen molar-refractivity contribution in [2.24, 2.45) is 0 Å². The van der Waals surface area contributed by atoms with E-state index < -0.39 is 23.5 Å². The molecule has 2 aliphatic heterocycles.